The molecule has 2 aromatic rings. The molecule has 0 bridgehead atoms. The standard InChI is InChI=1S/C25H26BN3O5/c26-22-14-28(10-11-33-22)12-16-4-6-17(7-5-16)15-34-21-3-1-2-18-19(21)13-29(25(18)32)20-8-9-23(30)27-24(20)31/h1-7,20,22H,8-15H2,(H,27,30,31). The van der Waals surface area contributed by atoms with Crippen LogP contribution >= 0.6 is 0 Å². The van der Waals surface area contributed by atoms with Crippen molar-refractivity contribution in [3.05, 3.63) is 64.7 Å². The van der Waals surface area contributed by atoms with Gasteiger partial charge in [0, 0.05) is 43.2 Å². The summed E-state index contributed by atoms with van der Waals surface area (Å²) in [5, 5.41) is 2.33. The van der Waals surface area contributed by atoms with Crippen molar-refractivity contribution in [3.8, 4) is 5.75 Å². The van der Waals surface area contributed by atoms with Crippen LogP contribution in [0.1, 0.15) is 39.9 Å². The molecule has 2 fully saturated rings. The number of carbonyl (C=O) groups excluding carboxylic acids is 3. The number of nitrogens with zero attached hydrogens (tertiary/aromatic N) is 2. The van der Waals surface area contributed by atoms with Crippen LogP contribution in [0, 0.1) is 0 Å². The minimum absolute atomic E-state index is 0.206. The third-order valence-electron chi connectivity index (χ3n) is 6.54. The maximum Gasteiger partial charge on any atom is 0.255 e. The first-order valence-electron chi connectivity index (χ1n) is 11.5. The number of fused-ring (bicyclic) bond motifs is 1. The molecule has 3 heterocycles. The van der Waals surface area contributed by atoms with E-state index in [-0.39, 0.29) is 30.8 Å². The summed E-state index contributed by atoms with van der Waals surface area (Å²) in [5.41, 5.74) is 3.54. The van der Waals surface area contributed by atoms with Crippen molar-refractivity contribution in [2.45, 2.75) is 44.6 Å². The molecule has 174 valence electrons. The molecule has 0 aliphatic carbocycles. The van der Waals surface area contributed by atoms with Crippen molar-refractivity contribution in [3.63, 3.8) is 0 Å². The number of benzene rings is 2. The molecule has 5 rings (SSSR count). The Kier molecular flexibility index (Phi) is 6.39. The zero-order chi connectivity index (χ0) is 23.7. The Labute approximate surface area is 199 Å². The molecule has 3 aliphatic heterocycles. The Bertz CT molecular complexity index is 1110. The Hall–Kier alpha value is -3.17. The molecular weight excluding hydrogens is 433 g/mol. The van der Waals surface area contributed by atoms with Gasteiger partial charge >= 0.3 is 0 Å². The summed E-state index contributed by atoms with van der Waals surface area (Å²) in [4.78, 5) is 40.5. The van der Waals surface area contributed by atoms with E-state index in [0.29, 0.717) is 30.9 Å². The van der Waals surface area contributed by atoms with Crippen LogP contribution in [0.4, 0.5) is 0 Å². The quantitative estimate of drug-likeness (QED) is 0.519. The average molecular weight is 459 g/mol. The molecular formula is C25H26BN3O5. The van der Waals surface area contributed by atoms with Gasteiger partial charge in [-0.3, -0.25) is 24.6 Å². The largest absolute Gasteiger partial charge is 0.489 e. The molecule has 9 heteroatoms. The van der Waals surface area contributed by atoms with Crippen molar-refractivity contribution in [2.75, 3.05) is 19.7 Å². The van der Waals surface area contributed by atoms with Crippen LogP contribution < -0.4 is 10.1 Å². The highest BCUT2D eigenvalue weighted by Gasteiger charge is 2.40. The number of amides is 3. The van der Waals surface area contributed by atoms with Gasteiger partial charge < -0.3 is 14.4 Å². The van der Waals surface area contributed by atoms with E-state index in [9.17, 15) is 14.4 Å². The van der Waals surface area contributed by atoms with E-state index in [1.807, 2.05) is 18.2 Å². The van der Waals surface area contributed by atoms with Crippen molar-refractivity contribution < 1.29 is 23.9 Å². The molecule has 2 atom stereocenters. The van der Waals surface area contributed by atoms with Gasteiger partial charge in [-0.1, -0.05) is 30.3 Å². The third-order valence-corrected chi connectivity index (χ3v) is 6.54. The van der Waals surface area contributed by atoms with Gasteiger partial charge in [0.1, 0.15) is 26.2 Å². The predicted molar refractivity (Wildman–Crippen MR) is 124 cm³/mol. The number of hydrogen-bond acceptors (Lipinski definition) is 6. The van der Waals surface area contributed by atoms with Crippen molar-refractivity contribution >= 4 is 25.6 Å². The van der Waals surface area contributed by atoms with Gasteiger partial charge in [0.05, 0.1) is 13.2 Å². The number of carbonyl (C=O) groups is 3. The Morgan fingerprint density at radius 3 is 2.65 bits per heavy atom. The summed E-state index contributed by atoms with van der Waals surface area (Å²) >= 11 is 0. The monoisotopic (exact) mass is 459 g/mol. The molecule has 0 saturated carbocycles. The topological polar surface area (TPSA) is 88.2 Å². The van der Waals surface area contributed by atoms with Gasteiger partial charge in [-0.25, -0.2) is 0 Å². The summed E-state index contributed by atoms with van der Waals surface area (Å²) in [7, 11) is 5.87. The predicted octanol–water partition coefficient (Wildman–Crippen LogP) is 1.35. The van der Waals surface area contributed by atoms with Gasteiger partial charge in [0.15, 0.2) is 0 Å². The van der Waals surface area contributed by atoms with E-state index in [0.717, 1.165) is 30.8 Å². The summed E-state index contributed by atoms with van der Waals surface area (Å²) < 4.78 is 11.5. The summed E-state index contributed by atoms with van der Waals surface area (Å²) in [6.45, 7) is 3.72. The molecule has 0 spiro atoms. The fraction of sp³-hybridized carbons (Fsp3) is 0.400. The van der Waals surface area contributed by atoms with Gasteiger partial charge in [-0.2, -0.15) is 0 Å². The molecule has 2 saturated heterocycles. The maximum absolute atomic E-state index is 13.0. The molecule has 3 amide bonds. The van der Waals surface area contributed by atoms with Gasteiger partial charge in [0.25, 0.3) is 5.91 Å². The first-order valence-corrected chi connectivity index (χ1v) is 11.5. The zero-order valence-corrected chi connectivity index (χ0v) is 18.9. The number of ether oxygens (including phenoxy) is 2. The van der Waals surface area contributed by atoms with Gasteiger partial charge in [0.2, 0.25) is 11.8 Å². The van der Waals surface area contributed by atoms with Gasteiger partial charge in [-0.15, -0.1) is 0 Å². The number of nitrogens with one attached hydrogen (secondary N) is 1. The van der Waals surface area contributed by atoms with E-state index in [1.165, 1.54) is 10.5 Å². The lowest BCUT2D eigenvalue weighted by atomic mass is 9.98. The Balaban J connectivity index is 1.22. The van der Waals surface area contributed by atoms with E-state index < -0.39 is 11.9 Å². The van der Waals surface area contributed by atoms with Crippen LogP contribution in [0.2, 0.25) is 0 Å². The van der Waals surface area contributed by atoms with Crippen molar-refractivity contribution in [2.24, 2.45) is 0 Å². The normalized spacial score (nSPS) is 23.1. The van der Waals surface area contributed by atoms with Gasteiger partial charge in [-0.05, 0) is 29.7 Å². The SMILES string of the molecule is [B]C1CN(Cc2ccc(COc3cccc4c3CN(C3CCC(=O)NC3=O)C4=O)cc2)CCO1. The first-order chi connectivity index (χ1) is 16.5. The maximum atomic E-state index is 13.0. The number of rotatable bonds is 6. The highest BCUT2D eigenvalue weighted by molar-refractivity contribution is 6.11. The van der Waals surface area contributed by atoms with E-state index in [1.54, 1.807) is 12.1 Å². The molecule has 0 aromatic heterocycles. The highest BCUT2D eigenvalue weighted by Crippen LogP contribution is 2.34. The molecule has 3 aliphatic rings. The van der Waals surface area contributed by atoms with Crippen molar-refractivity contribution in [1.82, 2.24) is 15.1 Å². The highest BCUT2D eigenvalue weighted by atomic mass is 16.5. The van der Waals surface area contributed by atoms with Crippen LogP contribution in [0.15, 0.2) is 42.5 Å². The van der Waals surface area contributed by atoms with Crippen LogP contribution in [-0.2, 0) is 34.0 Å². The molecule has 1 N–H and O–H groups in total. The fourth-order valence-corrected chi connectivity index (χ4v) is 4.73. The number of piperidine rings is 1. The first kappa shape index (κ1) is 22.6. The van der Waals surface area contributed by atoms with E-state index in [2.05, 4.69) is 22.3 Å². The lowest BCUT2D eigenvalue weighted by Gasteiger charge is -2.31. The summed E-state index contributed by atoms with van der Waals surface area (Å²) in [6, 6.07) is 12.8. The second-order valence-corrected chi connectivity index (χ2v) is 8.93. The fourth-order valence-electron chi connectivity index (χ4n) is 4.73. The lowest BCUT2D eigenvalue weighted by molar-refractivity contribution is -0.136. The number of imide groups is 1. The van der Waals surface area contributed by atoms with Crippen LogP contribution in [-0.4, -0.2) is 67.1 Å². The lowest BCUT2D eigenvalue weighted by Crippen LogP contribution is -2.52. The second kappa shape index (κ2) is 9.60. The van der Waals surface area contributed by atoms with Crippen LogP contribution in [0.5, 0.6) is 5.75 Å². The second-order valence-electron chi connectivity index (χ2n) is 8.93. The molecule has 8 nitrogen and oxygen atoms in total. The average Bonchev–Trinajstić information content (AvgIpc) is 3.15. The molecule has 2 unspecified atom stereocenters. The number of morpholine rings is 1. The zero-order valence-electron chi connectivity index (χ0n) is 18.9. The minimum Gasteiger partial charge on any atom is -0.489 e. The molecule has 34 heavy (non-hydrogen) atoms. The third kappa shape index (κ3) is 4.71. The van der Waals surface area contributed by atoms with Crippen LogP contribution in [0.3, 0.4) is 0 Å². The van der Waals surface area contributed by atoms with Crippen LogP contribution in [0.25, 0.3) is 0 Å². The Morgan fingerprint density at radius 1 is 1.09 bits per heavy atom. The van der Waals surface area contributed by atoms with E-state index >= 15 is 0 Å². The molecule has 2 aromatic carbocycles. The summed E-state index contributed by atoms with van der Waals surface area (Å²) in [5.74, 6) is -0.290. The minimum atomic E-state index is -0.640. The Morgan fingerprint density at radius 2 is 1.88 bits per heavy atom. The number of hydrogen-bond donors (Lipinski definition) is 1. The summed E-state index contributed by atoms with van der Waals surface area (Å²) in [6.07, 6.45) is 0.567. The van der Waals surface area contributed by atoms with Crippen molar-refractivity contribution in [1.29, 1.82) is 0 Å². The van der Waals surface area contributed by atoms with E-state index in [4.69, 9.17) is 17.3 Å². The molecule has 2 radical (unpaired) electrons. The smallest absolute Gasteiger partial charge is 0.255 e.